The molecule has 2 aromatic rings. The zero-order valence-electron chi connectivity index (χ0n) is 9.14. The Hall–Kier alpha value is -2.05. The van der Waals surface area contributed by atoms with Gasteiger partial charge in [-0.1, -0.05) is 30.0 Å². The van der Waals surface area contributed by atoms with Gasteiger partial charge < -0.3 is 5.32 Å². The lowest BCUT2D eigenvalue weighted by atomic mass is 10.2. The second kappa shape index (κ2) is 5.88. The number of carbonyl (C=O) groups excluding carboxylic acids is 1. The molecule has 84 valence electrons. The topological polar surface area (TPSA) is 29.1 Å². The van der Waals surface area contributed by atoms with E-state index in [1.807, 2.05) is 41.1 Å². The van der Waals surface area contributed by atoms with Crippen molar-refractivity contribution in [1.29, 1.82) is 0 Å². The summed E-state index contributed by atoms with van der Waals surface area (Å²) in [5, 5.41) is 6.45. The van der Waals surface area contributed by atoms with Crippen LogP contribution >= 0.6 is 11.3 Å². The fraction of sp³-hybridized carbons (Fsp3) is 0.0714. The maximum Gasteiger partial charge on any atom is 0.252 e. The van der Waals surface area contributed by atoms with Crippen molar-refractivity contribution in [3.63, 3.8) is 0 Å². The fourth-order valence-corrected chi connectivity index (χ4v) is 1.92. The number of hydrogen-bond acceptors (Lipinski definition) is 2. The third-order valence-electron chi connectivity index (χ3n) is 2.13. The Labute approximate surface area is 104 Å². The van der Waals surface area contributed by atoms with Gasteiger partial charge in [0.15, 0.2) is 0 Å². The number of amides is 1. The average Bonchev–Trinajstić information content (AvgIpc) is 2.89. The molecule has 1 heterocycles. The zero-order valence-corrected chi connectivity index (χ0v) is 9.96. The van der Waals surface area contributed by atoms with Crippen molar-refractivity contribution in [2.24, 2.45) is 0 Å². The summed E-state index contributed by atoms with van der Waals surface area (Å²) in [4.78, 5) is 11.5. The van der Waals surface area contributed by atoms with Gasteiger partial charge in [0.25, 0.3) is 5.91 Å². The Kier molecular flexibility index (Phi) is 3.95. The molecule has 0 fully saturated rings. The van der Waals surface area contributed by atoms with E-state index in [-0.39, 0.29) is 5.91 Å². The van der Waals surface area contributed by atoms with Gasteiger partial charge >= 0.3 is 0 Å². The average molecular weight is 241 g/mol. The first-order valence-electron chi connectivity index (χ1n) is 5.20. The van der Waals surface area contributed by atoms with Crippen molar-refractivity contribution >= 4 is 17.2 Å². The van der Waals surface area contributed by atoms with E-state index in [1.54, 1.807) is 6.07 Å². The predicted molar refractivity (Wildman–Crippen MR) is 70.0 cm³/mol. The molecule has 0 saturated heterocycles. The normalized spacial score (nSPS) is 9.18. The van der Waals surface area contributed by atoms with Crippen LogP contribution in [0.1, 0.15) is 15.9 Å². The van der Waals surface area contributed by atoms with Gasteiger partial charge in [-0.25, -0.2) is 0 Å². The van der Waals surface area contributed by atoms with E-state index in [1.165, 1.54) is 11.3 Å². The van der Waals surface area contributed by atoms with E-state index in [2.05, 4.69) is 17.2 Å². The highest BCUT2D eigenvalue weighted by Gasteiger charge is 2.02. The molecule has 0 saturated carbocycles. The van der Waals surface area contributed by atoms with E-state index in [0.717, 1.165) is 5.56 Å². The SMILES string of the molecule is O=C(NCC#Cc1ccccc1)c1ccsc1. The monoisotopic (exact) mass is 241 g/mol. The smallest absolute Gasteiger partial charge is 0.252 e. The Morgan fingerprint density at radius 2 is 2.06 bits per heavy atom. The first kappa shape index (κ1) is 11.4. The highest BCUT2D eigenvalue weighted by Crippen LogP contribution is 2.04. The van der Waals surface area contributed by atoms with Crippen molar-refractivity contribution in [3.05, 3.63) is 58.3 Å². The molecular formula is C14H11NOS. The predicted octanol–water partition coefficient (Wildman–Crippen LogP) is 2.53. The van der Waals surface area contributed by atoms with Crippen LogP contribution in [0, 0.1) is 11.8 Å². The summed E-state index contributed by atoms with van der Waals surface area (Å²) in [6, 6.07) is 11.5. The van der Waals surface area contributed by atoms with Crippen molar-refractivity contribution < 1.29 is 4.79 Å². The number of nitrogens with one attached hydrogen (secondary N) is 1. The van der Waals surface area contributed by atoms with Crippen LogP contribution in [-0.2, 0) is 0 Å². The summed E-state index contributed by atoms with van der Waals surface area (Å²) in [5.41, 5.74) is 1.65. The Morgan fingerprint density at radius 1 is 1.24 bits per heavy atom. The van der Waals surface area contributed by atoms with E-state index >= 15 is 0 Å². The first-order valence-corrected chi connectivity index (χ1v) is 6.15. The zero-order chi connectivity index (χ0) is 11.9. The molecule has 0 aliphatic rings. The van der Waals surface area contributed by atoms with Gasteiger partial charge in [-0.15, -0.1) is 0 Å². The molecule has 0 atom stereocenters. The summed E-state index contributed by atoms with van der Waals surface area (Å²) < 4.78 is 0. The summed E-state index contributed by atoms with van der Waals surface area (Å²) in [7, 11) is 0. The minimum Gasteiger partial charge on any atom is -0.341 e. The maximum absolute atomic E-state index is 11.5. The van der Waals surface area contributed by atoms with E-state index in [9.17, 15) is 4.79 Å². The molecule has 17 heavy (non-hydrogen) atoms. The minimum absolute atomic E-state index is 0.0754. The van der Waals surface area contributed by atoms with E-state index in [4.69, 9.17) is 0 Å². The second-order valence-corrected chi connectivity index (χ2v) is 4.14. The van der Waals surface area contributed by atoms with Gasteiger partial charge in [0, 0.05) is 10.9 Å². The largest absolute Gasteiger partial charge is 0.341 e. The molecule has 0 unspecified atom stereocenters. The summed E-state index contributed by atoms with van der Waals surface area (Å²) in [5.74, 6) is 5.82. The Morgan fingerprint density at radius 3 is 2.76 bits per heavy atom. The number of thiophene rings is 1. The van der Waals surface area contributed by atoms with Crippen LogP contribution in [0.25, 0.3) is 0 Å². The molecule has 1 amide bonds. The van der Waals surface area contributed by atoms with Crippen LogP contribution in [0.2, 0.25) is 0 Å². The summed E-state index contributed by atoms with van der Waals surface area (Å²) in [6.45, 7) is 0.365. The molecule has 1 N–H and O–H groups in total. The third-order valence-corrected chi connectivity index (χ3v) is 2.81. The molecule has 0 bridgehead atoms. The van der Waals surface area contributed by atoms with Gasteiger partial charge in [0.2, 0.25) is 0 Å². The molecule has 1 aromatic carbocycles. The molecule has 2 rings (SSSR count). The Balaban J connectivity index is 1.85. The molecule has 0 spiro atoms. The van der Waals surface area contributed by atoms with Gasteiger partial charge in [0.1, 0.15) is 0 Å². The van der Waals surface area contributed by atoms with Gasteiger partial charge in [-0.3, -0.25) is 4.79 Å². The lowest BCUT2D eigenvalue weighted by Gasteiger charge is -1.96. The Bertz CT molecular complexity index is 535. The second-order valence-electron chi connectivity index (χ2n) is 3.36. The van der Waals surface area contributed by atoms with Gasteiger partial charge in [-0.2, -0.15) is 11.3 Å². The molecule has 1 aromatic heterocycles. The van der Waals surface area contributed by atoms with Crippen LogP contribution in [0.15, 0.2) is 47.2 Å². The van der Waals surface area contributed by atoms with Crippen LogP contribution in [0.5, 0.6) is 0 Å². The summed E-state index contributed by atoms with van der Waals surface area (Å²) in [6.07, 6.45) is 0. The van der Waals surface area contributed by atoms with Crippen LogP contribution < -0.4 is 5.32 Å². The number of benzene rings is 1. The molecular weight excluding hydrogens is 230 g/mol. The number of rotatable bonds is 2. The summed E-state index contributed by atoms with van der Waals surface area (Å²) >= 11 is 1.51. The molecule has 0 aliphatic heterocycles. The highest BCUT2D eigenvalue weighted by molar-refractivity contribution is 7.08. The van der Waals surface area contributed by atoms with Gasteiger partial charge in [-0.05, 0) is 23.6 Å². The van der Waals surface area contributed by atoms with Crippen LogP contribution in [-0.4, -0.2) is 12.5 Å². The van der Waals surface area contributed by atoms with Crippen LogP contribution in [0.3, 0.4) is 0 Å². The lowest BCUT2D eigenvalue weighted by Crippen LogP contribution is -2.22. The standard InChI is InChI=1S/C14H11NOS/c16-14(13-8-10-17-11-13)15-9-4-7-12-5-2-1-3-6-12/h1-3,5-6,8,10-11H,9H2,(H,15,16). The highest BCUT2D eigenvalue weighted by atomic mass is 32.1. The number of carbonyl (C=O) groups is 1. The number of hydrogen-bond donors (Lipinski definition) is 1. The van der Waals surface area contributed by atoms with Crippen molar-refractivity contribution in [1.82, 2.24) is 5.32 Å². The maximum atomic E-state index is 11.5. The van der Waals surface area contributed by atoms with Gasteiger partial charge in [0.05, 0.1) is 12.1 Å². The van der Waals surface area contributed by atoms with Crippen LogP contribution in [0.4, 0.5) is 0 Å². The lowest BCUT2D eigenvalue weighted by molar-refractivity contribution is 0.0959. The molecule has 3 heteroatoms. The van der Waals surface area contributed by atoms with Crippen molar-refractivity contribution in [2.45, 2.75) is 0 Å². The molecule has 2 nitrogen and oxygen atoms in total. The van der Waals surface area contributed by atoms with E-state index in [0.29, 0.717) is 12.1 Å². The minimum atomic E-state index is -0.0754. The molecule has 0 radical (unpaired) electrons. The fourth-order valence-electron chi connectivity index (χ4n) is 1.29. The first-order chi connectivity index (χ1) is 8.36. The van der Waals surface area contributed by atoms with Crippen molar-refractivity contribution in [3.8, 4) is 11.8 Å². The quantitative estimate of drug-likeness (QED) is 0.804. The van der Waals surface area contributed by atoms with E-state index < -0.39 is 0 Å². The van der Waals surface area contributed by atoms with Crippen molar-refractivity contribution in [2.75, 3.05) is 6.54 Å². The molecule has 0 aliphatic carbocycles. The third kappa shape index (κ3) is 3.47.